The molecule has 0 saturated heterocycles. The van der Waals surface area contributed by atoms with Gasteiger partial charge in [-0.05, 0) is 43.3 Å². The van der Waals surface area contributed by atoms with Crippen molar-refractivity contribution in [3.8, 4) is 0 Å². The molecule has 0 bridgehead atoms. The van der Waals surface area contributed by atoms with Gasteiger partial charge in [0.25, 0.3) is 0 Å². The van der Waals surface area contributed by atoms with Gasteiger partial charge in [0.05, 0.1) is 5.71 Å². The summed E-state index contributed by atoms with van der Waals surface area (Å²) in [5.74, 6) is 5.33. The SMILES string of the molecule is NN=C1CCC=C2CCCC=C21. The molecule has 12 heavy (non-hydrogen) atoms. The maximum absolute atomic E-state index is 5.33. The molecule has 0 saturated carbocycles. The minimum absolute atomic E-state index is 1.02. The number of nitrogens with zero attached hydrogens (tertiary/aromatic N) is 1. The Hall–Kier alpha value is -1.05. The maximum Gasteiger partial charge on any atom is 0.0675 e. The molecule has 2 N–H and O–H groups in total. The number of nitrogens with two attached hydrogens (primary N) is 1. The molecule has 0 radical (unpaired) electrons. The second-order valence-electron chi connectivity index (χ2n) is 3.35. The summed E-state index contributed by atoms with van der Waals surface area (Å²) in [7, 11) is 0. The van der Waals surface area contributed by atoms with Crippen LogP contribution in [0, 0.1) is 0 Å². The first kappa shape index (κ1) is 7.59. The normalized spacial score (nSPS) is 26.2. The lowest BCUT2D eigenvalue weighted by molar-refractivity contribution is 0.795. The van der Waals surface area contributed by atoms with Crippen molar-refractivity contribution in [2.24, 2.45) is 10.9 Å². The molecule has 0 unspecified atom stereocenters. The van der Waals surface area contributed by atoms with E-state index in [-0.39, 0.29) is 0 Å². The molecule has 2 aliphatic carbocycles. The number of allylic oxidation sites excluding steroid dienone is 4. The third-order valence-corrected chi connectivity index (χ3v) is 2.58. The fraction of sp³-hybridized carbons (Fsp3) is 0.500. The Morgan fingerprint density at radius 3 is 2.92 bits per heavy atom. The monoisotopic (exact) mass is 162 g/mol. The maximum atomic E-state index is 5.33. The van der Waals surface area contributed by atoms with E-state index in [4.69, 9.17) is 5.84 Å². The summed E-state index contributed by atoms with van der Waals surface area (Å²) in [5.41, 5.74) is 3.90. The van der Waals surface area contributed by atoms with Gasteiger partial charge in [-0.1, -0.05) is 12.2 Å². The molecule has 2 rings (SSSR count). The van der Waals surface area contributed by atoms with E-state index in [0.717, 1.165) is 18.6 Å². The third-order valence-electron chi connectivity index (χ3n) is 2.58. The van der Waals surface area contributed by atoms with Gasteiger partial charge in [0.15, 0.2) is 0 Å². The zero-order valence-electron chi connectivity index (χ0n) is 7.21. The van der Waals surface area contributed by atoms with Crippen LogP contribution < -0.4 is 5.84 Å². The van der Waals surface area contributed by atoms with Crippen LogP contribution in [0.25, 0.3) is 0 Å². The van der Waals surface area contributed by atoms with Gasteiger partial charge in [-0.3, -0.25) is 0 Å². The zero-order chi connectivity index (χ0) is 8.39. The lowest BCUT2D eigenvalue weighted by Gasteiger charge is -2.21. The number of rotatable bonds is 0. The van der Waals surface area contributed by atoms with E-state index in [2.05, 4.69) is 17.3 Å². The Morgan fingerprint density at radius 1 is 1.17 bits per heavy atom. The summed E-state index contributed by atoms with van der Waals surface area (Å²) in [6, 6.07) is 0. The van der Waals surface area contributed by atoms with Gasteiger partial charge in [0.1, 0.15) is 0 Å². The Labute approximate surface area is 72.8 Å². The molecule has 2 nitrogen and oxygen atoms in total. The van der Waals surface area contributed by atoms with Crippen LogP contribution in [-0.2, 0) is 0 Å². The molecule has 0 spiro atoms. The van der Waals surface area contributed by atoms with E-state index in [0.29, 0.717) is 0 Å². The van der Waals surface area contributed by atoms with Gasteiger partial charge >= 0.3 is 0 Å². The lowest BCUT2D eigenvalue weighted by Crippen LogP contribution is -2.14. The fourth-order valence-electron chi connectivity index (χ4n) is 1.97. The highest BCUT2D eigenvalue weighted by Gasteiger charge is 2.18. The molecule has 0 heterocycles. The second kappa shape index (κ2) is 3.13. The molecule has 64 valence electrons. The number of hydrogen-bond acceptors (Lipinski definition) is 2. The van der Waals surface area contributed by atoms with Crippen LogP contribution in [0.5, 0.6) is 0 Å². The zero-order valence-corrected chi connectivity index (χ0v) is 7.21. The second-order valence-corrected chi connectivity index (χ2v) is 3.35. The molecule has 0 aromatic heterocycles. The van der Waals surface area contributed by atoms with E-state index in [9.17, 15) is 0 Å². The van der Waals surface area contributed by atoms with Gasteiger partial charge in [-0.15, -0.1) is 0 Å². The molecular weight excluding hydrogens is 148 g/mol. The standard InChI is InChI=1S/C10H14N2/c11-12-10-7-3-5-8-4-1-2-6-9(8)10/h5-6H,1-4,7,11H2. The Bertz CT molecular complexity index is 272. The molecule has 0 fully saturated rings. The quantitative estimate of drug-likeness (QED) is 0.430. The van der Waals surface area contributed by atoms with Crippen molar-refractivity contribution in [2.45, 2.75) is 32.1 Å². The summed E-state index contributed by atoms with van der Waals surface area (Å²) >= 11 is 0. The molecule has 2 aliphatic rings. The fourth-order valence-corrected chi connectivity index (χ4v) is 1.97. The third kappa shape index (κ3) is 1.17. The van der Waals surface area contributed by atoms with Gasteiger partial charge in [-0.2, -0.15) is 5.10 Å². The number of hydrogen-bond donors (Lipinski definition) is 1. The molecule has 0 aromatic rings. The Morgan fingerprint density at radius 2 is 2.08 bits per heavy atom. The molecule has 0 atom stereocenters. The van der Waals surface area contributed by atoms with Crippen molar-refractivity contribution in [1.29, 1.82) is 0 Å². The average Bonchev–Trinajstić information content (AvgIpc) is 2.17. The first-order valence-corrected chi connectivity index (χ1v) is 4.58. The van der Waals surface area contributed by atoms with Gasteiger partial charge in [0.2, 0.25) is 0 Å². The van der Waals surface area contributed by atoms with E-state index >= 15 is 0 Å². The van der Waals surface area contributed by atoms with Crippen molar-refractivity contribution in [3.05, 3.63) is 23.3 Å². The topological polar surface area (TPSA) is 38.4 Å². The number of hydrazone groups is 1. The largest absolute Gasteiger partial charge is 0.323 e. The van der Waals surface area contributed by atoms with Crippen LogP contribution in [0.15, 0.2) is 28.4 Å². The van der Waals surface area contributed by atoms with Crippen LogP contribution in [0.4, 0.5) is 0 Å². The molecule has 0 amide bonds. The highest BCUT2D eigenvalue weighted by atomic mass is 15.1. The number of fused-ring (bicyclic) bond motifs is 1. The van der Waals surface area contributed by atoms with Crippen LogP contribution in [0.2, 0.25) is 0 Å². The summed E-state index contributed by atoms with van der Waals surface area (Å²) in [6.07, 6.45) is 10.4. The average molecular weight is 162 g/mol. The first-order chi connectivity index (χ1) is 5.92. The Balaban J connectivity index is 2.37. The predicted octanol–water partition coefficient (Wildman–Crippen LogP) is 2.13. The Kier molecular flexibility index (Phi) is 1.98. The van der Waals surface area contributed by atoms with Crippen molar-refractivity contribution in [2.75, 3.05) is 0 Å². The van der Waals surface area contributed by atoms with E-state index in [1.807, 2.05) is 0 Å². The summed E-state index contributed by atoms with van der Waals surface area (Å²) in [5, 5.41) is 3.84. The summed E-state index contributed by atoms with van der Waals surface area (Å²) in [6.45, 7) is 0. The summed E-state index contributed by atoms with van der Waals surface area (Å²) < 4.78 is 0. The predicted molar refractivity (Wildman–Crippen MR) is 50.9 cm³/mol. The van der Waals surface area contributed by atoms with E-state index in [1.165, 1.54) is 30.4 Å². The van der Waals surface area contributed by atoms with Crippen LogP contribution in [0.1, 0.15) is 32.1 Å². The smallest absolute Gasteiger partial charge is 0.0675 e. The molecule has 2 heteroatoms. The van der Waals surface area contributed by atoms with Gasteiger partial charge in [-0.25, -0.2) is 0 Å². The van der Waals surface area contributed by atoms with Crippen LogP contribution >= 0.6 is 0 Å². The van der Waals surface area contributed by atoms with Crippen LogP contribution in [-0.4, -0.2) is 5.71 Å². The highest BCUT2D eigenvalue weighted by Crippen LogP contribution is 2.30. The van der Waals surface area contributed by atoms with E-state index in [1.54, 1.807) is 0 Å². The van der Waals surface area contributed by atoms with Gasteiger partial charge in [0, 0.05) is 0 Å². The van der Waals surface area contributed by atoms with Crippen molar-refractivity contribution >= 4 is 5.71 Å². The van der Waals surface area contributed by atoms with Crippen molar-refractivity contribution < 1.29 is 0 Å². The van der Waals surface area contributed by atoms with E-state index < -0.39 is 0 Å². The first-order valence-electron chi connectivity index (χ1n) is 4.58. The van der Waals surface area contributed by atoms with Crippen molar-refractivity contribution in [1.82, 2.24) is 0 Å². The molecular formula is C10H14N2. The summed E-state index contributed by atoms with van der Waals surface area (Å²) in [4.78, 5) is 0. The molecule has 0 aliphatic heterocycles. The minimum atomic E-state index is 1.02. The van der Waals surface area contributed by atoms with Gasteiger partial charge < -0.3 is 5.84 Å². The van der Waals surface area contributed by atoms with Crippen LogP contribution in [0.3, 0.4) is 0 Å². The molecule has 0 aromatic carbocycles. The lowest BCUT2D eigenvalue weighted by atomic mass is 9.84. The highest BCUT2D eigenvalue weighted by molar-refractivity contribution is 6.04. The minimum Gasteiger partial charge on any atom is -0.323 e. The van der Waals surface area contributed by atoms with Crippen molar-refractivity contribution in [3.63, 3.8) is 0 Å².